The van der Waals surface area contributed by atoms with E-state index in [9.17, 15) is 9.90 Å². The van der Waals surface area contributed by atoms with E-state index in [1.807, 2.05) is 25.1 Å². The Kier molecular flexibility index (Phi) is 5.41. The Hall–Kier alpha value is -3.24. The molecule has 3 aromatic heterocycles. The Balaban J connectivity index is 1.61. The maximum absolute atomic E-state index is 13.2. The van der Waals surface area contributed by atoms with Crippen molar-refractivity contribution in [1.82, 2.24) is 24.5 Å². The van der Waals surface area contributed by atoms with E-state index >= 15 is 0 Å². The van der Waals surface area contributed by atoms with Gasteiger partial charge in [-0.1, -0.05) is 18.5 Å². The maximum atomic E-state index is 13.2. The molecule has 11 heteroatoms. The van der Waals surface area contributed by atoms with Gasteiger partial charge >= 0.3 is 0 Å². The normalized spacial score (nSPS) is 20.8. The molecule has 0 aromatic carbocycles. The van der Waals surface area contributed by atoms with Gasteiger partial charge in [0, 0.05) is 44.4 Å². The van der Waals surface area contributed by atoms with Gasteiger partial charge in [-0.15, -0.1) is 0 Å². The molecular formula is C22H24ClN7O3. The average molecular weight is 470 g/mol. The fourth-order valence-electron chi connectivity index (χ4n) is 4.36. The highest BCUT2D eigenvalue weighted by Crippen LogP contribution is 2.32. The van der Waals surface area contributed by atoms with Crippen LogP contribution >= 0.6 is 11.6 Å². The Morgan fingerprint density at radius 3 is 2.91 bits per heavy atom. The minimum Gasteiger partial charge on any atom is -0.475 e. The lowest BCUT2D eigenvalue weighted by Crippen LogP contribution is -2.35. The molecule has 3 aromatic rings. The number of aryl methyl sites for hydroxylation is 2. The van der Waals surface area contributed by atoms with E-state index in [0.29, 0.717) is 47.9 Å². The molecule has 0 radical (unpaired) electrons. The number of rotatable bonds is 0. The van der Waals surface area contributed by atoms with Crippen molar-refractivity contribution in [1.29, 1.82) is 0 Å². The predicted molar refractivity (Wildman–Crippen MR) is 123 cm³/mol. The molecule has 0 saturated carbocycles. The van der Waals surface area contributed by atoms with E-state index in [4.69, 9.17) is 16.3 Å². The number of hydrogen-bond acceptors (Lipinski definition) is 7. The van der Waals surface area contributed by atoms with Crippen LogP contribution < -0.4 is 9.64 Å². The van der Waals surface area contributed by atoms with Gasteiger partial charge in [-0.05, 0) is 24.5 Å². The van der Waals surface area contributed by atoms with Crippen LogP contribution in [0.2, 0.25) is 5.15 Å². The number of pyridine rings is 1. The van der Waals surface area contributed by atoms with E-state index < -0.39 is 12.0 Å². The van der Waals surface area contributed by atoms with Crippen molar-refractivity contribution in [2.45, 2.75) is 25.9 Å². The van der Waals surface area contributed by atoms with Crippen molar-refractivity contribution in [3.05, 3.63) is 40.8 Å². The van der Waals surface area contributed by atoms with Gasteiger partial charge in [-0.2, -0.15) is 15.2 Å². The SMILES string of the molecule is C[C@@H]1C[C@H](O)COc2c(cnn2C)-c2cc(cc(Cl)n2)C(=O)N=C2Cc3cn(C)nc3N2C1. The smallest absolute Gasteiger partial charge is 0.278 e. The first-order chi connectivity index (χ1) is 15.8. The van der Waals surface area contributed by atoms with Crippen molar-refractivity contribution in [2.75, 3.05) is 18.1 Å². The summed E-state index contributed by atoms with van der Waals surface area (Å²) in [5.41, 5.74) is 2.35. The van der Waals surface area contributed by atoms with Crippen molar-refractivity contribution in [3.8, 4) is 17.1 Å². The molecule has 1 N–H and O–H groups in total. The molecule has 172 valence electrons. The molecule has 33 heavy (non-hydrogen) atoms. The van der Waals surface area contributed by atoms with Crippen molar-refractivity contribution in [3.63, 3.8) is 0 Å². The van der Waals surface area contributed by atoms with Gasteiger partial charge in [0.1, 0.15) is 17.6 Å². The number of amidine groups is 1. The van der Waals surface area contributed by atoms with Crippen LogP contribution in [0.1, 0.15) is 29.3 Å². The van der Waals surface area contributed by atoms with Gasteiger partial charge in [0.05, 0.1) is 23.6 Å². The second-order valence-corrected chi connectivity index (χ2v) is 9.02. The molecule has 0 aliphatic carbocycles. The number of aromatic nitrogens is 5. The molecule has 0 spiro atoms. The van der Waals surface area contributed by atoms with Crippen molar-refractivity contribution < 1.29 is 14.6 Å². The summed E-state index contributed by atoms with van der Waals surface area (Å²) in [7, 11) is 3.61. The maximum Gasteiger partial charge on any atom is 0.278 e. The highest BCUT2D eigenvalue weighted by Gasteiger charge is 2.31. The second-order valence-electron chi connectivity index (χ2n) is 8.63. The van der Waals surface area contributed by atoms with Crippen LogP contribution in [0.5, 0.6) is 5.88 Å². The Bertz CT molecular complexity index is 1260. The van der Waals surface area contributed by atoms with Crippen LogP contribution in [0.25, 0.3) is 11.3 Å². The number of aliphatic imine (C=N–C) groups is 1. The highest BCUT2D eigenvalue weighted by atomic mass is 35.5. The number of aliphatic hydroxyl groups is 1. The molecule has 2 aliphatic heterocycles. The molecule has 10 nitrogen and oxygen atoms in total. The lowest BCUT2D eigenvalue weighted by molar-refractivity contribution is 0.0841. The highest BCUT2D eigenvalue weighted by molar-refractivity contribution is 6.30. The number of fused-ring (bicyclic) bond motifs is 7. The van der Waals surface area contributed by atoms with E-state index in [-0.39, 0.29) is 17.7 Å². The molecule has 0 fully saturated rings. The summed E-state index contributed by atoms with van der Waals surface area (Å²) in [6, 6.07) is 3.13. The summed E-state index contributed by atoms with van der Waals surface area (Å²) in [5.74, 6) is 1.53. The summed E-state index contributed by atoms with van der Waals surface area (Å²) in [4.78, 5) is 24.0. The number of amides is 1. The summed E-state index contributed by atoms with van der Waals surface area (Å²) in [6.45, 7) is 2.70. The van der Waals surface area contributed by atoms with Crippen LogP contribution in [0.4, 0.5) is 5.82 Å². The fraction of sp³-hybridized carbons (Fsp3) is 0.409. The average Bonchev–Trinajstić information content (AvgIpc) is 3.38. The molecule has 0 unspecified atom stereocenters. The zero-order chi connectivity index (χ0) is 23.3. The van der Waals surface area contributed by atoms with Gasteiger partial charge in [0.25, 0.3) is 5.91 Å². The largest absolute Gasteiger partial charge is 0.475 e. The minimum absolute atomic E-state index is 0.0881. The van der Waals surface area contributed by atoms with Gasteiger partial charge < -0.3 is 14.7 Å². The van der Waals surface area contributed by atoms with E-state index in [1.54, 1.807) is 28.7 Å². The first-order valence-corrected chi connectivity index (χ1v) is 11.1. The van der Waals surface area contributed by atoms with Crippen molar-refractivity contribution >= 4 is 29.2 Å². The van der Waals surface area contributed by atoms with Crippen LogP contribution in [0.15, 0.2) is 29.5 Å². The van der Waals surface area contributed by atoms with Crippen molar-refractivity contribution in [2.24, 2.45) is 25.0 Å². The fourth-order valence-corrected chi connectivity index (χ4v) is 4.57. The zero-order valence-electron chi connectivity index (χ0n) is 18.6. The quantitative estimate of drug-likeness (QED) is 0.502. The van der Waals surface area contributed by atoms with Crippen LogP contribution in [-0.4, -0.2) is 60.6 Å². The monoisotopic (exact) mass is 469 g/mol. The second kappa shape index (κ2) is 8.27. The Morgan fingerprint density at radius 1 is 1.27 bits per heavy atom. The Labute approximate surface area is 195 Å². The molecule has 2 bridgehead atoms. The number of nitrogens with zero attached hydrogens (tertiary/aromatic N) is 7. The molecule has 5 heterocycles. The summed E-state index contributed by atoms with van der Waals surface area (Å²) in [5, 5.41) is 19.6. The number of aliphatic hydroxyl groups excluding tert-OH is 1. The molecule has 2 atom stereocenters. The number of halogens is 1. The summed E-state index contributed by atoms with van der Waals surface area (Å²) in [6.07, 6.45) is 3.86. The van der Waals surface area contributed by atoms with Gasteiger partial charge in [-0.3, -0.25) is 9.48 Å². The predicted octanol–water partition coefficient (Wildman–Crippen LogP) is 2.25. The number of ether oxygens (including phenoxy) is 1. The van der Waals surface area contributed by atoms with E-state index in [2.05, 4.69) is 20.2 Å². The topological polar surface area (TPSA) is 111 Å². The Morgan fingerprint density at radius 2 is 2.09 bits per heavy atom. The minimum atomic E-state index is -0.691. The summed E-state index contributed by atoms with van der Waals surface area (Å²) < 4.78 is 9.25. The lowest BCUT2D eigenvalue weighted by atomic mass is 10.0. The first-order valence-electron chi connectivity index (χ1n) is 10.7. The number of carbonyl (C=O) groups excluding carboxylic acids is 1. The molecule has 5 rings (SSSR count). The van der Waals surface area contributed by atoms with Crippen LogP contribution in [0, 0.1) is 5.92 Å². The third-order valence-corrected chi connectivity index (χ3v) is 6.00. The molecular weight excluding hydrogens is 446 g/mol. The van der Waals surface area contributed by atoms with Crippen LogP contribution in [0.3, 0.4) is 0 Å². The van der Waals surface area contributed by atoms with Gasteiger partial charge in [0.15, 0.2) is 5.82 Å². The molecule has 1 amide bonds. The van der Waals surface area contributed by atoms with Crippen LogP contribution in [-0.2, 0) is 20.5 Å². The number of carbonyl (C=O) groups is 1. The summed E-state index contributed by atoms with van der Waals surface area (Å²) >= 11 is 6.26. The first kappa shape index (κ1) is 21.6. The van der Waals surface area contributed by atoms with E-state index in [1.165, 1.54) is 6.07 Å². The third-order valence-electron chi connectivity index (χ3n) is 5.81. The third kappa shape index (κ3) is 4.11. The zero-order valence-corrected chi connectivity index (χ0v) is 19.3. The standard InChI is InChI=1S/C22H24ClN7O3/c1-12-4-15(31)11-33-22-16(8-24-29(22)3)17-5-13(6-18(23)25-17)21(32)26-19-7-14-10-28(2)27-20(14)30(19)9-12/h5-6,8,10,12,15,31H,4,7,9,11H2,1-3H3/t12-,15+/m1/s1. The lowest BCUT2D eigenvalue weighted by Gasteiger charge is -2.24. The molecule has 0 saturated heterocycles. The number of anilines is 1. The van der Waals surface area contributed by atoms with E-state index in [0.717, 1.165) is 11.4 Å². The number of hydrogen-bond donors (Lipinski definition) is 1. The van der Waals surface area contributed by atoms with Gasteiger partial charge in [0.2, 0.25) is 5.88 Å². The van der Waals surface area contributed by atoms with Gasteiger partial charge in [-0.25, -0.2) is 9.67 Å². The molecule has 2 aliphatic rings.